The topological polar surface area (TPSA) is 80.3 Å². The van der Waals surface area contributed by atoms with Crippen molar-refractivity contribution in [2.75, 3.05) is 14.2 Å². The molecule has 7 nitrogen and oxygen atoms in total. The minimum atomic E-state index is -6.12. The van der Waals surface area contributed by atoms with Crippen molar-refractivity contribution in [3.8, 4) is 23.0 Å². The Morgan fingerprint density at radius 2 is 0.976 bits per heavy atom. The third-order valence-corrected chi connectivity index (χ3v) is 10.2. The van der Waals surface area contributed by atoms with Gasteiger partial charge in [-0.05, 0) is 119 Å². The van der Waals surface area contributed by atoms with E-state index in [1.165, 1.54) is 74.9 Å². The van der Waals surface area contributed by atoms with E-state index in [0.717, 1.165) is 0 Å². The number of ether oxygens (including phenoxy) is 4. The highest BCUT2D eigenvalue weighted by Crippen LogP contribution is 2.71. The molecule has 0 saturated heterocycles. The normalized spacial score (nSPS) is 13.4. The van der Waals surface area contributed by atoms with Gasteiger partial charge in [-0.25, -0.2) is 0 Å². The van der Waals surface area contributed by atoms with Crippen LogP contribution < -0.4 is 18.9 Å². The summed E-state index contributed by atoms with van der Waals surface area (Å²) in [6, 6.07) is 16.5. The molecule has 41 heavy (non-hydrogen) atoms. The molecule has 12 heteroatoms. The summed E-state index contributed by atoms with van der Waals surface area (Å²) in [5.74, 6) is 1.37. The first-order chi connectivity index (χ1) is 18.8. The summed E-state index contributed by atoms with van der Waals surface area (Å²) in [6.07, 6.45) is 0. The van der Waals surface area contributed by atoms with Crippen LogP contribution in [0.5, 0.6) is 23.0 Å². The zero-order valence-corrected chi connectivity index (χ0v) is 25.8. The number of benzene rings is 3. The highest BCUT2D eigenvalue weighted by Gasteiger charge is 2.52. The number of halogens is 3. The molecule has 3 aromatic rings. The van der Waals surface area contributed by atoms with Crippen LogP contribution in [-0.4, -0.2) is 39.3 Å². The van der Waals surface area contributed by atoms with E-state index in [9.17, 15) is 21.6 Å². The van der Waals surface area contributed by atoms with Crippen molar-refractivity contribution in [1.29, 1.82) is 0 Å². The van der Waals surface area contributed by atoms with Gasteiger partial charge in [-0.1, -0.05) is 0 Å². The third kappa shape index (κ3) is 7.60. The average molecular weight is 617 g/mol. The van der Waals surface area contributed by atoms with Gasteiger partial charge in [0.1, 0.15) is 22.7 Å². The first kappa shape index (κ1) is 32.4. The molecule has 0 atom stereocenters. The second kappa shape index (κ2) is 11.7. The van der Waals surface area contributed by atoms with Crippen LogP contribution in [0.4, 0.5) is 13.2 Å². The van der Waals surface area contributed by atoms with E-state index in [0.29, 0.717) is 17.2 Å². The van der Waals surface area contributed by atoms with Crippen molar-refractivity contribution >= 4 is 20.4 Å². The standard InChI is InChI=1S/C29H35F3O7S2/c1-27(2,3)37-25-18-17-24(19-26(25)38-28(4,5)6)40(39-41(33,34)29(30,31)32,22-13-9-20(35-7)10-14-22)23-15-11-21(36-8)12-16-23/h9-19H,1-8H3. The maximum absolute atomic E-state index is 13.9. The van der Waals surface area contributed by atoms with Gasteiger partial charge in [0.05, 0.1) is 14.2 Å². The van der Waals surface area contributed by atoms with Gasteiger partial charge in [0.25, 0.3) is 0 Å². The quantitative estimate of drug-likeness (QED) is 0.225. The molecular formula is C29H35F3O7S2. The molecule has 0 aliphatic carbocycles. The van der Waals surface area contributed by atoms with Crippen molar-refractivity contribution < 1.29 is 44.2 Å². The first-order valence-electron chi connectivity index (χ1n) is 12.5. The van der Waals surface area contributed by atoms with E-state index >= 15 is 0 Å². The van der Waals surface area contributed by atoms with Crippen molar-refractivity contribution in [2.45, 2.75) is 72.9 Å². The molecule has 0 heterocycles. The summed E-state index contributed by atoms with van der Waals surface area (Å²) in [7, 11) is -6.86. The Hall–Kier alpha value is -3.09. The van der Waals surface area contributed by atoms with Gasteiger partial charge in [0, 0.05) is 14.7 Å². The summed E-state index contributed by atoms with van der Waals surface area (Å²) in [5, 5.41) is 0. The van der Waals surface area contributed by atoms with Gasteiger partial charge in [-0.15, -0.1) is 0 Å². The molecule has 0 aliphatic rings. The minimum Gasteiger partial charge on any atom is -0.497 e. The predicted molar refractivity (Wildman–Crippen MR) is 152 cm³/mol. The first-order valence-corrected chi connectivity index (χ1v) is 15.4. The molecule has 0 fully saturated rings. The molecule has 0 saturated carbocycles. The fraction of sp³-hybridized carbons (Fsp3) is 0.379. The smallest absolute Gasteiger partial charge is 0.497 e. The fourth-order valence-corrected chi connectivity index (χ4v) is 8.44. The zero-order chi connectivity index (χ0) is 30.9. The van der Waals surface area contributed by atoms with E-state index in [1.54, 1.807) is 26.8 Å². The molecule has 0 spiro atoms. The molecular weight excluding hydrogens is 581 g/mol. The van der Waals surface area contributed by atoms with Crippen LogP contribution in [0.1, 0.15) is 41.5 Å². The van der Waals surface area contributed by atoms with Gasteiger partial charge in [-0.2, -0.15) is 25.2 Å². The van der Waals surface area contributed by atoms with E-state index in [4.69, 9.17) is 22.6 Å². The maximum atomic E-state index is 13.9. The minimum absolute atomic E-state index is 0.126. The van der Waals surface area contributed by atoms with Gasteiger partial charge in [0.2, 0.25) is 0 Å². The van der Waals surface area contributed by atoms with Crippen LogP contribution in [0, 0.1) is 0 Å². The lowest BCUT2D eigenvalue weighted by molar-refractivity contribution is -0.0496. The van der Waals surface area contributed by atoms with Crippen molar-refractivity contribution in [3.63, 3.8) is 0 Å². The van der Waals surface area contributed by atoms with Gasteiger partial charge in [0.15, 0.2) is 11.5 Å². The van der Waals surface area contributed by atoms with E-state index in [1.807, 2.05) is 20.8 Å². The SMILES string of the molecule is COc1ccc(S(OS(=O)(=O)C(F)(F)F)(c2ccc(OC)cc2)c2ccc(OC(C)(C)C)c(OC(C)(C)C)c2)cc1. The molecule has 0 bridgehead atoms. The van der Waals surface area contributed by atoms with Crippen molar-refractivity contribution in [1.82, 2.24) is 0 Å². The molecule has 0 radical (unpaired) electrons. The van der Waals surface area contributed by atoms with Crippen LogP contribution in [0.25, 0.3) is 0 Å². The highest BCUT2D eigenvalue weighted by molar-refractivity contribution is 8.33. The Balaban J connectivity index is 2.47. The Labute approximate surface area is 241 Å². The third-order valence-electron chi connectivity index (χ3n) is 5.34. The molecule has 226 valence electrons. The summed E-state index contributed by atoms with van der Waals surface area (Å²) in [5.41, 5.74) is -7.06. The predicted octanol–water partition coefficient (Wildman–Crippen LogP) is 8.12. The van der Waals surface area contributed by atoms with Crippen LogP contribution >= 0.6 is 10.3 Å². The number of alkyl halides is 3. The molecule has 0 aromatic heterocycles. The molecule has 3 rings (SSSR count). The van der Waals surface area contributed by atoms with Crippen LogP contribution in [0.15, 0.2) is 81.4 Å². The van der Waals surface area contributed by atoms with Gasteiger partial charge >= 0.3 is 15.6 Å². The molecule has 0 unspecified atom stereocenters. The lowest BCUT2D eigenvalue weighted by Crippen LogP contribution is -2.28. The van der Waals surface area contributed by atoms with Crippen molar-refractivity contribution in [2.24, 2.45) is 0 Å². The molecule has 3 aromatic carbocycles. The largest absolute Gasteiger partial charge is 0.524 e. The van der Waals surface area contributed by atoms with Gasteiger partial charge in [-0.3, -0.25) is 0 Å². The molecule has 0 amide bonds. The highest BCUT2D eigenvalue weighted by atomic mass is 32.3. The van der Waals surface area contributed by atoms with Crippen LogP contribution in [0.3, 0.4) is 0 Å². The Morgan fingerprint density at radius 1 is 0.585 bits per heavy atom. The number of methoxy groups -OCH3 is 2. The number of rotatable bonds is 9. The number of hydrogen-bond donors (Lipinski definition) is 0. The molecule has 0 N–H and O–H groups in total. The Bertz CT molecular complexity index is 1390. The second-order valence-corrected chi connectivity index (χ2v) is 15.4. The van der Waals surface area contributed by atoms with Crippen LogP contribution in [-0.2, 0) is 13.7 Å². The van der Waals surface area contributed by atoms with E-state index in [2.05, 4.69) is 0 Å². The number of hydrogen-bond acceptors (Lipinski definition) is 7. The molecule has 0 aliphatic heterocycles. The van der Waals surface area contributed by atoms with Crippen molar-refractivity contribution in [3.05, 3.63) is 66.7 Å². The second-order valence-electron chi connectivity index (χ2n) is 10.9. The summed E-state index contributed by atoms with van der Waals surface area (Å²) >= 11 is 0. The average Bonchev–Trinajstić information content (AvgIpc) is 2.86. The van der Waals surface area contributed by atoms with Gasteiger partial charge < -0.3 is 18.9 Å². The lowest BCUT2D eigenvalue weighted by Gasteiger charge is -2.40. The fourth-order valence-electron chi connectivity index (χ4n) is 3.72. The maximum Gasteiger partial charge on any atom is 0.524 e. The Morgan fingerprint density at radius 3 is 1.34 bits per heavy atom. The monoisotopic (exact) mass is 616 g/mol. The summed E-state index contributed by atoms with van der Waals surface area (Å²) in [6.45, 7) is 10.9. The lowest BCUT2D eigenvalue weighted by atomic mass is 10.1. The van der Waals surface area contributed by atoms with Crippen LogP contribution in [0.2, 0.25) is 0 Å². The zero-order valence-electron chi connectivity index (χ0n) is 24.2. The summed E-state index contributed by atoms with van der Waals surface area (Å²) < 4.78 is 95.4. The Kier molecular flexibility index (Phi) is 9.22. The van der Waals surface area contributed by atoms with E-state index < -0.39 is 37.1 Å². The summed E-state index contributed by atoms with van der Waals surface area (Å²) in [4.78, 5) is 0.464. The van der Waals surface area contributed by atoms with E-state index in [-0.39, 0.29) is 20.4 Å².